The molecule has 0 bridgehead atoms. The van der Waals surface area contributed by atoms with Crippen molar-refractivity contribution in [2.24, 2.45) is 17.8 Å². The number of aliphatic carboxylic acids is 1. The molecular weight excluding hydrogens is 424 g/mol. The summed E-state index contributed by atoms with van der Waals surface area (Å²) in [4.78, 5) is 19.1. The number of rotatable bonds is 8. The van der Waals surface area contributed by atoms with Crippen molar-refractivity contribution in [3.63, 3.8) is 0 Å². The van der Waals surface area contributed by atoms with E-state index in [9.17, 15) is 9.90 Å². The zero-order valence-electron chi connectivity index (χ0n) is 20.7. The van der Waals surface area contributed by atoms with Gasteiger partial charge in [0.05, 0.1) is 17.0 Å². The van der Waals surface area contributed by atoms with Gasteiger partial charge < -0.3 is 14.8 Å². The molecule has 2 atom stereocenters. The third-order valence-electron chi connectivity index (χ3n) is 6.84. The Hall–Kier alpha value is -3.08. The first kappa shape index (κ1) is 25.5. The Morgan fingerprint density at radius 2 is 2.00 bits per heavy atom. The molecule has 0 amide bonds. The molecular formula is C29H38N2O3. The van der Waals surface area contributed by atoms with Crippen LogP contribution in [0.3, 0.4) is 0 Å². The maximum atomic E-state index is 11.1. The number of allylic oxidation sites excluding steroid dienone is 6. The molecule has 2 N–H and O–H groups in total. The van der Waals surface area contributed by atoms with Crippen molar-refractivity contribution < 1.29 is 14.6 Å². The summed E-state index contributed by atoms with van der Waals surface area (Å²) in [5.74, 6) is -0.0689. The molecule has 4 rings (SSSR count). The predicted octanol–water partition coefficient (Wildman–Crippen LogP) is 7.26. The van der Waals surface area contributed by atoms with Crippen LogP contribution in [0.4, 0.5) is 0 Å². The molecule has 0 spiro atoms. The molecule has 1 aromatic carbocycles. The van der Waals surface area contributed by atoms with Crippen LogP contribution in [-0.2, 0) is 4.79 Å². The number of hydrogen-bond acceptors (Lipinski definition) is 3. The van der Waals surface area contributed by atoms with Crippen molar-refractivity contribution >= 4 is 22.6 Å². The smallest absolute Gasteiger partial charge is 0.306 e. The van der Waals surface area contributed by atoms with Crippen LogP contribution in [0.5, 0.6) is 6.01 Å². The minimum absolute atomic E-state index is 0.0148. The number of aromatic nitrogens is 2. The molecule has 1 saturated carbocycles. The molecule has 2 aromatic rings. The SMILES string of the molecule is C=CCC(C=C)C1C=CC(c2cc3nc(OC4CCC(C(=O)O)CC4)[nH]c3cc2C)=CC1.CC. The number of hydrogen-bond donors (Lipinski definition) is 2. The van der Waals surface area contributed by atoms with E-state index in [-0.39, 0.29) is 12.0 Å². The van der Waals surface area contributed by atoms with E-state index in [2.05, 4.69) is 60.4 Å². The molecule has 2 aliphatic carbocycles. The number of carboxylic acids is 1. The van der Waals surface area contributed by atoms with E-state index in [4.69, 9.17) is 4.74 Å². The monoisotopic (exact) mass is 462 g/mol. The van der Waals surface area contributed by atoms with Crippen molar-refractivity contribution in [2.45, 2.75) is 65.4 Å². The summed E-state index contributed by atoms with van der Waals surface area (Å²) in [6, 6.07) is 4.76. The normalized spacial score (nSPS) is 22.8. The van der Waals surface area contributed by atoms with Gasteiger partial charge >= 0.3 is 5.97 Å². The van der Waals surface area contributed by atoms with Gasteiger partial charge in [0.15, 0.2) is 0 Å². The van der Waals surface area contributed by atoms with Gasteiger partial charge in [-0.25, -0.2) is 0 Å². The molecule has 182 valence electrons. The maximum absolute atomic E-state index is 11.1. The van der Waals surface area contributed by atoms with Gasteiger partial charge in [-0.3, -0.25) is 4.79 Å². The van der Waals surface area contributed by atoms with E-state index in [0.29, 0.717) is 30.7 Å². The number of aryl methyl sites for hydroxylation is 1. The first-order chi connectivity index (χ1) is 16.5. The van der Waals surface area contributed by atoms with Crippen molar-refractivity contribution in [2.75, 3.05) is 0 Å². The summed E-state index contributed by atoms with van der Waals surface area (Å²) in [5, 5.41) is 9.17. The maximum Gasteiger partial charge on any atom is 0.306 e. The topological polar surface area (TPSA) is 75.2 Å². The van der Waals surface area contributed by atoms with E-state index in [1.54, 1.807) is 0 Å². The molecule has 34 heavy (non-hydrogen) atoms. The van der Waals surface area contributed by atoms with Gasteiger partial charge in [0, 0.05) is 0 Å². The Kier molecular flexibility index (Phi) is 8.91. The van der Waals surface area contributed by atoms with Gasteiger partial charge in [-0.2, -0.15) is 4.98 Å². The Morgan fingerprint density at radius 3 is 2.59 bits per heavy atom. The molecule has 5 nitrogen and oxygen atoms in total. The molecule has 0 aliphatic heterocycles. The van der Waals surface area contributed by atoms with Gasteiger partial charge in [-0.05, 0) is 86.1 Å². The Labute approximate surface area is 203 Å². The quantitative estimate of drug-likeness (QED) is 0.405. The number of nitrogens with zero attached hydrogens (tertiary/aromatic N) is 1. The molecule has 2 unspecified atom stereocenters. The lowest BCUT2D eigenvalue weighted by atomic mass is 9.82. The minimum atomic E-state index is -0.701. The second-order valence-corrected chi connectivity index (χ2v) is 9.00. The van der Waals surface area contributed by atoms with Crippen LogP contribution in [0.15, 0.2) is 55.7 Å². The Morgan fingerprint density at radius 1 is 1.26 bits per heavy atom. The van der Waals surface area contributed by atoms with Crippen LogP contribution >= 0.6 is 0 Å². The zero-order chi connectivity index (χ0) is 24.7. The zero-order valence-corrected chi connectivity index (χ0v) is 20.7. The lowest BCUT2D eigenvalue weighted by Gasteiger charge is -2.25. The number of carbonyl (C=O) groups is 1. The highest BCUT2D eigenvalue weighted by molar-refractivity contribution is 5.86. The van der Waals surface area contributed by atoms with Crippen LogP contribution in [0, 0.1) is 24.7 Å². The molecule has 2 aliphatic rings. The van der Waals surface area contributed by atoms with E-state index in [1.165, 1.54) is 16.7 Å². The summed E-state index contributed by atoms with van der Waals surface area (Å²) in [6.45, 7) is 14.0. The number of imidazole rings is 1. The Bertz CT molecular complexity index is 1070. The van der Waals surface area contributed by atoms with E-state index in [1.807, 2.05) is 26.0 Å². The molecule has 0 saturated heterocycles. The fourth-order valence-corrected chi connectivity index (χ4v) is 4.89. The largest absolute Gasteiger partial charge is 0.481 e. The van der Waals surface area contributed by atoms with Crippen molar-refractivity contribution in [3.8, 4) is 6.01 Å². The van der Waals surface area contributed by atoms with Crippen LogP contribution in [-0.4, -0.2) is 27.1 Å². The van der Waals surface area contributed by atoms with E-state index < -0.39 is 5.97 Å². The van der Waals surface area contributed by atoms with Crippen LogP contribution < -0.4 is 4.74 Å². The lowest BCUT2D eigenvalue weighted by molar-refractivity contribution is -0.143. The average molecular weight is 463 g/mol. The van der Waals surface area contributed by atoms with Gasteiger partial charge in [0.2, 0.25) is 0 Å². The number of benzene rings is 1. The van der Waals surface area contributed by atoms with Crippen molar-refractivity contribution in [1.82, 2.24) is 9.97 Å². The van der Waals surface area contributed by atoms with Crippen molar-refractivity contribution in [3.05, 3.63) is 66.8 Å². The standard InChI is InChI=1S/C27H32N2O3.C2H6/c1-4-6-18(5-2)19-7-9-20(10-8-19)23-16-25-24(15-17(23)3)28-27(29-25)32-22-13-11-21(12-14-22)26(30)31;1-2/h4-5,7,9-10,15-16,18-19,21-22H,1-2,6,8,11-14H2,3H3,(H,28,29)(H,30,31);1-2H3. The fraction of sp³-hybridized carbons (Fsp3) is 0.448. The van der Waals surface area contributed by atoms with Crippen molar-refractivity contribution in [1.29, 1.82) is 0 Å². The number of carboxylic acid groups (broad SMARTS) is 1. The third kappa shape index (κ3) is 5.88. The molecule has 1 aromatic heterocycles. The molecule has 1 heterocycles. The summed E-state index contributed by atoms with van der Waals surface area (Å²) in [6.07, 6.45) is 15.6. The summed E-state index contributed by atoms with van der Waals surface area (Å²) in [5.41, 5.74) is 5.43. The van der Waals surface area contributed by atoms with E-state index >= 15 is 0 Å². The van der Waals surface area contributed by atoms with Crippen LogP contribution in [0.2, 0.25) is 0 Å². The number of fused-ring (bicyclic) bond motifs is 1. The summed E-state index contributed by atoms with van der Waals surface area (Å²) >= 11 is 0. The third-order valence-corrected chi connectivity index (χ3v) is 6.84. The predicted molar refractivity (Wildman–Crippen MR) is 140 cm³/mol. The molecule has 1 fully saturated rings. The van der Waals surface area contributed by atoms with Gasteiger partial charge in [-0.15, -0.1) is 13.2 Å². The number of H-pyrrole nitrogens is 1. The van der Waals surface area contributed by atoms with Gasteiger partial charge in [0.1, 0.15) is 6.10 Å². The summed E-state index contributed by atoms with van der Waals surface area (Å²) in [7, 11) is 0. The van der Waals surface area contributed by atoms with Crippen LogP contribution in [0.25, 0.3) is 16.6 Å². The highest BCUT2D eigenvalue weighted by Gasteiger charge is 2.27. The number of ether oxygens (including phenoxy) is 1. The first-order valence-electron chi connectivity index (χ1n) is 12.5. The number of nitrogens with one attached hydrogen (secondary N) is 1. The fourth-order valence-electron chi connectivity index (χ4n) is 4.89. The van der Waals surface area contributed by atoms with Gasteiger partial charge in [-0.1, -0.05) is 44.2 Å². The minimum Gasteiger partial charge on any atom is -0.481 e. The highest BCUT2D eigenvalue weighted by atomic mass is 16.5. The average Bonchev–Trinajstić information content (AvgIpc) is 3.24. The lowest BCUT2D eigenvalue weighted by Crippen LogP contribution is -2.28. The first-order valence-corrected chi connectivity index (χ1v) is 12.5. The highest BCUT2D eigenvalue weighted by Crippen LogP contribution is 2.34. The van der Waals surface area contributed by atoms with Crippen LogP contribution in [0.1, 0.15) is 63.5 Å². The Balaban J connectivity index is 0.00000158. The second-order valence-electron chi connectivity index (χ2n) is 9.00. The number of aromatic amines is 1. The molecule has 5 heteroatoms. The van der Waals surface area contributed by atoms with Gasteiger partial charge in [0.25, 0.3) is 6.01 Å². The van der Waals surface area contributed by atoms with E-state index in [0.717, 1.165) is 36.7 Å². The second kappa shape index (κ2) is 11.9. The molecule has 0 radical (unpaired) electrons. The summed E-state index contributed by atoms with van der Waals surface area (Å²) < 4.78 is 6.06.